The van der Waals surface area contributed by atoms with Gasteiger partial charge in [-0.3, -0.25) is 4.40 Å². The minimum atomic E-state index is 0.665. The fourth-order valence-corrected chi connectivity index (χ4v) is 3.42. The molecule has 6 nitrogen and oxygen atoms in total. The van der Waals surface area contributed by atoms with E-state index in [9.17, 15) is 0 Å². The first-order chi connectivity index (χ1) is 14.5. The van der Waals surface area contributed by atoms with E-state index in [1.54, 1.807) is 0 Å². The molecular formula is C24H27N5O. The van der Waals surface area contributed by atoms with E-state index in [0.29, 0.717) is 6.61 Å². The van der Waals surface area contributed by atoms with Gasteiger partial charge in [0.2, 0.25) is 0 Å². The van der Waals surface area contributed by atoms with Crippen LogP contribution in [-0.2, 0) is 0 Å². The molecule has 0 aliphatic rings. The standard InChI is InChI=1S/C24H27N5O/c1-17-6-5-7-18(2)23(17)27-24-22-14-25-16-29(22)21(15-26-24)19-8-10-20(11-9-19)30-13-12-28(3)4/h5-11,14-16H,12-13H2,1-4H3,(H,26,27). The number of para-hydroxylation sites is 1. The summed E-state index contributed by atoms with van der Waals surface area (Å²) in [5.41, 5.74) is 6.42. The number of hydrogen-bond donors (Lipinski definition) is 1. The average Bonchev–Trinajstić information content (AvgIpc) is 3.21. The van der Waals surface area contributed by atoms with E-state index in [4.69, 9.17) is 9.72 Å². The molecule has 2 aromatic heterocycles. The minimum Gasteiger partial charge on any atom is -0.492 e. The van der Waals surface area contributed by atoms with Crippen molar-refractivity contribution in [1.82, 2.24) is 19.3 Å². The first kappa shape index (κ1) is 19.9. The van der Waals surface area contributed by atoms with Crippen molar-refractivity contribution in [3.8, 4) is 17.0 Å². The van der Waals surface area contributed by atoms with Crippen LogP contribution in [0.3, 0.4) is 0 Å². The quantitative estimate of drug-likeness (QED) is 0.487. The summed E-state index contributed by atoms with van der Waals surface area (Å²) in [5.74, 6) is 1.65. The molecule has 0 aliphatic heterocycles. The van der Waals surface area contributed by atoms with Gasteiger partial charge in [0.25, 0.3) is 0 Å². The van der Waals surface area contributed by atoms with Crippen molar-refractivity contribution < 1.29 is 4.74 Å². The summed E-state index contributed by atoms with van der Waals surface area (Å²) in [4.78, 5) is 11.2. The lowest BCUT2D eigenvalue weighted by Crippen LogP contribution is -2.19. The molecule has 154 valence electrons. The molecule has 0 aliphatic carbocycles. The fraction of sp³-hybridized carbons (Fsp3) is 0.250. The Balaban J connectivity index is 1.61. The maximum Gasteiger partial charge on any atom is 0.156 e. The molecule has 2 heterocycles. The second kappa shape index (κ2) is 8.55. The monoisotopic (exact) mass is 401 g/mol. The molecular weight excluding hydrogens is 374 g/mol. The van der Waals surface area contributed by atoms with Crippen LogP contribution in [0.25, 0.3) is 16.8 Å². The number of fused-ring (bicyclic) bond motifs is 1. The van der Waals surface area contributed by atoms with Gasteiger partial charge in [-0.1, -0.05) is 18.2 Å². The number of aromatic nitrogens is 3. The number of anilines is 2. The average molecular weight is 402 g/mol. The first-order valence-corrected chi connectivity index (χ1v) is 10.0. The fourth-order valence-electron chi connectivity index (χ4n) is 3.42. The van der Waals surface area contributed by atoms with E-state index < -0.39 is 0 Å². The van der Waals surface area contributed by atoms with Gasteiger partial charge in [-0.05, 0) is 63.3 Å². The highest BCUT2D eigenvalue weighted by Crippen LogP contribution is 2.29. The van der Waals surface area contributed by atoms with Gasteiger partial charge >= 0.3 is 0 Å². The molecule has 2 aromatic carbocycles. The van der Waals surface area contributed by atoms with E-state index in [-0.39, 0.29) is 0 Å². The summed E-state index contributed by atoms with van der Waals surface area (Å²) >= 11 is 0. The van der Waals surface area contributed by atoms with Crippen LogP contribution >= 0.6 is 0 Å². The number of hydrogen-bond acceptors (Lipinski definition) is 5. The SMILES string of the molecule is Cc1cccc(C)c1Nc1ncc(-c2ccc(OCCN(C)C)cc2)n2cncc12. The Bertz CT molecular complexity index is 1130. The molecule has 0 amide bonds. The van der Waals surface area contributed by atoms with E-state index in [2.05, 4.69) is 63.8 Å². The zero-order valence-electron chi connectivity index (χ0n) is 17.9. The number of ether oxygens (including phenoxy) is 1. The molecule has 0 bridgehead atoms. The number of imidazole rings is 1. The van der Waals surface area contributed by atoms with Crippen molar-refractivity contribution >= 4 is 17.0 Å². The van der Waals surface area contributed by atoms with Gasteiger partial charge in [0.05, 0.1) is 24.4 Å². The molecule has 30 heavy (non-hydrogen) atoms. The highest BCUT2D eigenvalue weighted by atomic mass is 16.5. The smallest absolute Gasteiger partial charge is 0.156 e. The van der Waals surface area contributed by atoms with Crippen LogP contribution < -0.4 is 10.1 Å². The topological polar surface area (TPSA) is 54.7 Å². The van der Waals surface area contributed by atoms with Crippen LogP contribution in [0.5, 0.6) is 5.75 Å². The Morgan fingerprint density at radius 1 is 1.00 bits per heavy atom. The first-order valence-electron chi connectivity index (χ1n) is 10.0. The summed E-state index contributed by atoms with van der Waals surface area (Å²) in [6, 6.07) is 14.4. The summed E-state index contributed by atoms with van der Waals surface area (Å²) in [5, 5.41) is 3.49. The molecule has 0 spiro atoms. The van der Waals surface area contributed by atoms with Gasteiger partial charge in [-0.25, -0.2) is 9.97 Å². The maximum absolute atomic E-state index is 5.80. The van der Waals surface area contributed by atoms with Crippen LogP contribution in [0.15, 0.2) is 61.2 Å². The molecule has 0 radical (unpaired) electrons. The van der Waals surface area contributed by atoms with E-state index in [0.717, 1.165) is 40.6 Å². The van der Waals surface area contributed by atoms with Crippen LogP contribution in [0.1, 0.15) is 11.1 Å². The predicted molar refractivity (Wildman–Crippen MR) is 122 cm³/mol. The normalized spacial score (nSPS) is 11.2. The lowest BCUT2D eigenvalue weighted by atomic mass is 10.1. The summed E-state index contributed by atoms with van der Waals surface area (Å²) in [6.45, 7) is 5.74. The summed E-state index contributed by atoms with van der Waals surface area (Å²) in [7, 11) is 4.07. The molecule has 1 N–H and O–H groups in total. The number of rotatable bonds is 7. The van der Waals surface area contributed by atoms with Crippen molar-refractivity contribution in [2.45, 2.75) is 13.8 Å². The Morgan fingerprint density at radius 2 is 1.73 bits per heavy atom. The highest BCUT2D eigenvalue weighted by Gasteiger charge is 2.12. The second-order valence-corrected chi connectivity index (χ2v) is 7.71. The number of likely N-dealkylation sites (N-methyl/N-ethyl adjacent to an activating group) is 1. The number of aryl methyl sites for hydroxylation is 2. The van der Waals surface area contributed by atoms with E-state index in [1.165, 1.54) is 11.1 Å². The van der Waals surface area contributed by atoms with Crippen molar-refractivity contribution in [2.24, 2.45) is 0 Å². The highest BCUT2D eigenvalue weighted by molar-refractivity contribution is 5.78. The molecule has 4 aromatic rings. The number of benzene rings is 2. The van der Waals surface area contributed by atoms with Crippen LogP contribution in [-0.4, -0.2) is 46.5 Å². The molecule has 0 unspecified atom stereocenters. The summed E-state index contributed by atoms with van der Waals surface area (Å²) in [6.07, 6.45) is 5.54. The third kappa shape index (κ3) is 4.14. The summed E-state index contributed by atoms with van der Waals surface area (Å²) < 4.78 is 7.86. The molecule has 0 saturated carbocycles. The van der Waals surface area contributed by atoms with Crippen LogP contribution in [0.2, 0.25) is 0 Å². The van der Waals surface area contributed by atoms with Gasteiger partial charge in [0.1, 0.15) is 17.9 Å². The lowest BCUT2D eigenvalue weighted by molar-refractivity contribution is 0.261. The number of nitrogens with zero attached hydrogens (tertiary/aromatic N) is 4. The number of nitrogens with one attached hydrogen (secondary N) is 1. The Kier molecular flexibility index (Phi) is 5.68. The molecule has 4 rings (SSSR count). The van der Waals surface area contributed by atoms with E-state index >= 15 is 0 Å². The predicted octanol–water partition coefficient (Wildman–Crippen LogP) is 4.70. The minimum absolute atomic E-state index is 0.665. The molecule has 6 heteroatoms. The third-order valence-electron chi connectivity index (χ3n) is 5.14. The van der Waals surface area contributed by atoms with E-state index in [1.807, 2.05) is 44.9 Å². The largest absolute Gasteiger partial charge is 0.492 e. The Morgan fingerprint density at radius 3 is 2.43 bits per heavy atom. The van der Waals surface area contributed by atoms with Crippen molar-refractivity contribution in [1.29, 1.82) is 0 Å². The molecule has 0 fully saturated rings. The zero-order chi connectivity index (χ0) is 21.1. The molecule has 0 atom stereocenters. The van der Waals surface area contributed by atoms with Crippen molar-refractivity contribution in [3.63, 3.8) is 0 Å². The van der Waals surface area contributed by atoms with Gasteiger partial charge in [-0.2, -0.15) is 0 Å². The second-order valence-electron chi connectivity index (χ2n) is 7.71. The lowest BCUT2D eigenvalue weighted by Gasteiger charge is -2.15. The van der Waals surface area contributed by atoms with Gasteiger partial charge in [-0.15, -0.1) is 0 Å². The maximum atomic E-state index is 5.80. The van der Waals surface area contributed by atoms with Crippen LogP contribution in [0.4, 0.5) is 11.5 Å². The van der Waals surface area contributed by atoms with Gasteiger partial charge in [0.15, 0.2) is 5.82 Å². The van der Waals surface area contributed by atoms with Gasteiger partial charge < -0.3 is 15.0 Å². The molecule has 0 saturated heterocycles. The zero-order valence-corrected chi connectivity index (χ0v) is 17.9. The Labute approximate surface area is 177 Å². The van der Waals surface area contributed by atoms with Crippen molar-refractivity contribution in [2.75, 3.05) is 32.6 Å². The van der Waals surface area contributed by atoms with Crippen molar-refractivity contribution in [3.05, 3.63) is 72.3 Å². The van der Waals surface area contributed by atoms with Gasteiger partial charge in [0, 0.05) is 17.8 Å². The Hall–Kier alpha value is -3.38. The van der Waals surface area contributed by atoms with Crippen LogP contribution in [0, 0.1) is 13.8 Å². The third-order valence-corrected chi connectivity index (χ3v) is 5.14.